The number of aromatic amines is 1. The van der Waals surface area contributed by atoms with Gasteiger partial charge in [0.25, 0.3) is 5.56 Å². The van der Waals surface area contributed by atoms with Crippen LogP contribution < -0.4 is 10.3 Å². The lowest BCUT2D eigenvalue weighted by atomic mass is 10.0. The summed E-state index contributed by atoms with van der Waals surface area (Å²) in [4.78, 5) is 36.6. The molecule has 8 heteroatoms. The molecular weight excluding hydrogens is 514 g/mol. The fraction of sp³-hybridized carbons (Fsp3) is 0.303. The Hall–Kier alpha value is -4.43. The number of carbonyl (C=O) groups is 1. The van der Waals surface area contributed by atoms with Gasteiger partial charge in [0.15, 0.2) is 0 Å². The highest BCUT2D eigenvalue weighted by molar-refractivity contribution is 5.97. The molecule has 6 rings (SSSR count). The van der Waals surface area contributed by atoms with Gasteiger partial charge < -0.3 is 19.2 Å². The third-order valence-electron chi connectivity index (χ3n) is 8.21. The van der Waals surface area contributed by atoms with E-state index in [2.05, 4.69) is 41.9 Å². The van der Waals surface area contributed by atoms with E-state index in [-0.39, 0.29) is 11.5 Å². The number of amides is 1. The van der Waals surface area contributed by atoms with Gasteiger partial charge in [-0.25, -0.2) is 4.98 Å². The van der Waals surface area contributed by atoms with Gasteiger partial charge >= 0.3 is 0 Å². The molecule has 0 aliphatic carbocycles. The van der Waals surface area contributed by atoms with Crippen LogP contribution in [0.1, 0.15) is 20.8 Å². The summed E-state index contributed by atoms with van der Waals surface area (Å²) in [6.07, 6.45) is 3.70. The van der Waals surface area contributed by atoms with Crippen LogP contribution in [0.4, 0.5) is 0 Å². The highest BCUT2D eigenvalue weighted by Gasteiger charge is 2.30. The van der Waals surface area contributed by atoms with Crippen molar-refractivity contribution >= 4 is 27.7 Å². The van der Waals surface area contributed by atoms with Gasteiger partial charge in [-0.15, -0.1) is 0 Å². The molecule has 0 unspecified atom stereocenters. The van der Waals surface area contributed by atoms with Crippen molar-refractivity contribution in [1.29, 1.82) is 0 Å². The zero-order valence-electron chi connectivity index (χ0n) is 23.9. The maximum absolute atomic E-state index is 12.4. The van der Waals surface area contributed by atoms with Crippen LogP contribution in [0.5, 0.6) is 5.75 Å². The number of hydrogen-bond acceptors (Lipinski definition) is 5. The molecule has 2 aromatic carbocycles. The minimum Gasteiger partial charge on any atom is -0.492 e. The van der Waals surface area contributed by atoms with E-state index in [1.54, 1.807) is 24.7 Å². The molecule has 1 aliphatic rings. The highest BCUT2D eigenvalue weighted by Crippen LogP contribution is 2.30. The second-order valence-corrected chi connectivity index (χ2v) is 11.1. The lowest BCUT2D eigenvalue weighted by molar-refractivity contribution is -0.133. The smallest absolute Gasteiger partial charge is 0.274 e. The van der Waals surface area contributed by atoms with Gasteiger partial charge in [0.05, 0.1) is 11.2 Å². The Morgan fingerprint density at radius 1 is 1.00 bits per heavy atom. The van der Waals surface area contributed by atoms with E-state index < -0.39 is 0 Å². The molecule has 0 saturated carbocycles. The maximum atomic E-state index is 12.4. The van der Waals surface area contributed by atoms with Crippen molar-refractivity contribution in [3.8, 4) is 28.1 Å². The Bertz CT molecular complexity index is 1780. The number of carbonyl (C=O) groups excluding carboxylic acids is 1. The van der Waals surface area contributed by atoms with Crippen molar-refractivity contribution in [2.45, 2.75) is 32.9 Å². The van der Waals surface area contributed by atoms with Gasteiger partial charge in [-0.2, -0.15) is 0 Å². The van der Waals surface area contributed by atoms with Crippen molar-refractivity contribution in [2.75, 3.05) is 26.2 Å². The molecule has 4 heterocycles. The summed E-state index contributed by atoms with van der Waals surface area (Å²) in [5.74, 6) is 0.972. The number of fused-ring (bicyclic) bond motifs is 2. The fourth-order valence-corrected chi connectivity index (χ4v) is 6.00. The lowest BCUT2D eigenvalue weighted by Gasteiger charge is -2.44. The molecule has 8 nitrogen and oxygen atoms in total. The van der Waals surface area contributed by atoms with Crippen LogP contribution >= 0.6 is 0 Å². The van der Waals surface area contributed by atoms with E-state index in [1.165, 1.54) is 0 Å². The molecule has 1 amide bonds. The normalized spacial score (nSPS) is 17.8. The van der Waals surface area contributed by atoms with Crippen LogP contribution in [0.2, 0.25) is 0 Å². The summed E-state index contributed by atoms with van der Waals surface area (Å²) in [5.41, 5.74) is 5.46. The molecular formula is C33H35N5O3. The van der Waals surface area contributed by atoms with Gasteiger partial charge in [-0.1, -0.05) is 12.1 Å². The Morgan fingerprint density at radius 2 is 1.73 bits per heavy atom. The molecule has 1 aliphatic heterocycles. The zero-order chi connectivity index (χ0) is 28.7. The summed E-state index contributed by atoms with van der Waals surface area (Å²) in [6.45, 7) is 8.92. The second-order valence-electron chi connectivity index (χ2n) is 11.1. The van der Waals surface area contributed by atoms with Crippen LogP contribution in [-0.4, -0.2) is 68.6 Å². The van der Waals surface area contributed by atoms with E-state index in [0.717, 1.165) is 64.1 Å². The summed E-state index contributed by atoms with van der Waals surface area (Å²) in [6, 6.07) is 21.0. The summed E-state index contributed by atoms with van der Waals surface area (Å²) < 4.78 is 7.69. The van der Waals surface area contributed by atoms with E-state index in [4.69, 9.17) is 9.72 Å². The average Bonchev–Trinajstić information content (AvgIpc) is 3.46. The second kappa shape index (κ2) is 10.9. The largest absolute Gasteiger partial charge is 0.492 e. The first-order chi connectivity index (χ1) is 19.8. The topological polar surface area (TPSA) is 83.5 Å². The third-order valence-corrected chi connectivity index (χ3v) is 8.21. The molecule has 0 radical (unpaired) electrons. The summed E-state index contributed by atoms with van der Waals surface area (Å²) in [5, 5.41) is 1.95. The fourth-order valence-electron chi connectivity index (χ4n) is 6.00. The Kier molecular flexibility index (Phi) is 7.09. The first-order valence-electron chi connectivity index (χ1n) is 14.1. The van der Waals surface area contributed by atoms with E-state index in [0.29, 0.717) is 24.2 Å². The number of nitrogens with one attached hydrogen (secondary N) is 1. The van der Waals surface area contributed by atoms with Crippen molar-refractivity contribution in [3.63, 3.8) is 0 Å². The van der Waals surface area contributed by atoms with Crippen LogP contribution in [0, 0.1) is 0 Å². The van der Waals surface area contributed by atoms with Gasteiger partial charge in [0.1, 0.15) is 17.9 Å². The Balaban J connectivity index is 1.13. The average molecular weight is 550 g/mol. The van der Waals surface area contributed by atoms with Gasteiger partial charge in [0, 0.05) is 80.0 Å². The minimum absolute atomic E-state index is 0.0364. The molecule has 210 valence electrons. The first-order valence-corrected chi connectivity index (χ1v) is 14.1. The monoisotopic (exact) mass is 549 g/mol. The van der Waals surface area contributed by atoms with Crippen LogP contribution in [0.15, 0.2) is 77.9 Å². The molecule has 1 N–H and O–H groups in total. The van der Waals surface area contributed by atoms with Gasteiger partial charge in [0.2, 0.25) is 5.91 Å². The molecule has 0 spiro atoms. The molecule has 0 bridgehead atoms. The van der Waals surface area contributed by atoms with Crippen LogP contribution in [0.25, 0.3) is 44.2 Å². The van der Waals surface area contributed by atoms with E-state index in [9.17, 15) is 9.59 Å². The van der Waals surface area contributed by atoms with E-state index in [1.807, 2.05) is 53.6 Å². The summed E-state index contributed by atoms with van der Waals surface area (Å²) >= 11 is 0. The number of hydrogen-bond donors (Lipinski definition) is 1. The quantitative estimate of drug-likeness (QED) is 0.320. The van der Waals surface area contributed by atoms with Crippen molar-refractivity contribution in [1.82, 2.24) is 24.3 Å². The third kappa shape index (κ3) is 5.23. The standard InChI is InChI=1S/C33H35N5O3/c1-21-18-37(23(3)39)19-22(2)38(21)15-16-41-27-9-5-24(6-10-27)30-12-8-26-17-25(7-11-31(26)35-30)29-20-36(4)33(40)32-28(29)13-14-34-32/h5-14,17,20-22,34H,15-16,18-19H2,1-4H3/t21-,22+. The van der Waals surface area contributed by atoms with E-state index >= 15 is 0 Å². The Labute approximate surface area is 239 Å². The number of aryl methyl sites for hydroxylation is 1. The van der Waals surface area contributed by atoms with Crippen LogP contribution in [0.3, 0.4) is 0 Å². The molecule has 3 aromatic heterocycles. The van der Waals surface area contributed by atoms with Crippen molar-refractivity contribution < 1.29 is 9.53 Å². The number of pyridine rings is 2. The first kappa shape index (κ1) is 26.8. The predicted molar refractivity (Wildman–Crippen MR) is 163 cm³/mol. The molecule has 5 aromatic rings. The zero-order valence-corrected chi connectivity index (χ0v) is 23.9. The van der Waals surface area contributed by atoms with Gasteiger partial charge in [-0.3, -0.25) is 14.5 Å². The highest BCUT2D eigenvalue weighted by atomic mass is 16.5. The lowest BCUT2D eigenvalue weighted by Crippen LogP contribution is -2.58. The number of benzene rings is 2. The minimum atomic E-state index is -0.0364. The SMILES string of the molecule is CC(=O)N1C[C@@H](C)N(CCOc2ccc(-c3ccc4cc(-c5cn(C)c(=O)c6[nH]ccc56)ccc4n3)cc2)[C@@H](C)C1. The molecule has 1 saturated heterocycles. The number of aromatic nitrogens is 3. The maximum Gasteiger partial charge on any atom is 0.274 e. The van der Waals surface area contributed by atoms with Crippen LogP contribution in [-0.2, 0) is 11.8 Å². The van der Waals surface area contributed by atoms with Crippen molar-refractivity contribution in [2.24, 2.45) is 7.05 Å². The summed E-state index contributed by atoms with van der Waals surface area (Å²) in [7, 11) is 1.77. The Morgan fingerprint density at radius 3 is 2.46 bits per heavy atom. The van der Waals surface area contributed by atoms with Gasteiger partial charge in [-0.05, 0) is 67.9 Å². The number of rotatable bonds is 6. The number of H-pyrrole nitrogens is 1. The van der Waals surface area contributed by atoms with Crippen molar-refractivity contribution in [3.05, 3.63) is 83.4 Å². The molecule has 1 fully saturated rings. The number of piperazine rings is 1. The molecule has 41 heavy (non-hydrogen) atoms. The number of nitrogens with zero attached hydrogens (tertiary/aromatic N) is 4. The number of ether oxygens (including phenoxy) is 1. The predicted octanol–water partition coefficient (Wildman–Crippen LogP) is 5.07. The molecule has 2 atom stereocenters.